The molecule has 0 saturated heterocycles. The molecule has 0 fully saturated rings. The first-order valence-corrected chi connectivity index (χ1v) is 6.20. The molecule has 0 bridgehead atoms. The van der Waals surface area contributed by atoms with Crippen molar-refractivity contribution in [2.75, 3.05) is 0 Å². The van der Waals surface area contributed by atoms with Crippen LogP contribution in [-0.2, 0) is 9.80 Å². The minimum atomic E-state index is -1.35. The Hall–Kier alpha value is -2.13. The molecule has 1 aliphatic rings. The summed E-state index contributed by atoms with van der Waals surface area (Å²) in [6.45, 7) is 0. The molecule has 0 saturated carbocycles. The third kappa shape index (κ3) is 2.02. The van der Waals surface area contributed by atoms with Crippen LogP contribution in [0.2, 0.25) is 0 Å². The molecule has 0 aliphatic carbocycles. The maximum atomic E-state index is 11.5. The van der Waals surface area contributed by atoms with Crippen molar-refractivity contribution in [3.05, 3.63) is 71.8 Å². The first kappa shape index (κ1) is 11.9. The van der Waals surface area contributed by atoms with Gasteiger partial charge in [0.1, 0.15) is 5.71 Å². The molecule has 4 heteroatoms. The van der Waals surface area contributed by atoms with Crippen LogP contribution in [0.4, 0.5) is 4.79 Å². The standard InChI is InChI=1S/C15H10ClNO2/c16-15(12-9-5-2-6-10-12)13(17-14(18)19-15)11-7-3-1-4-8-11/h1-10H. The zero-order valence-electron chi connectivity index (χ0n) is 9.92. The average Bonchev–Trinajstić information content (AvgIpc) is 2.77. The van der Waals surface area contributed by atoms with Crippen molar-refractivity contribution in [3.63, 3.8) is 0 Å². The van der Waals surface area contributed by atoms with Gasteiger partial charge in [-0.3, -0.25) is 0 Å². The van der Waals surface area contributed by atoms with E-state index in [1.807, 2.05) is 60.7 Å². The molecule has 2 aromatic carbocycles. The fourth-order valence-electron chi connectivity index (χ4n) is 2.05. The van der Waals surface area contributed by atoms with Crippen LogP contribution in [0.3, 0.4) is 0 Å². The number of ether oxygens (including phenoxy) is 1. The van der Waals surface area contributed by atoms with Gasteiger partial charge in [-0.1, -0.05) is 72.3 Å². The molecule has 2 aromatic rings. The third-order valence-electron chi connectivity index (χ3n) is 2.93. The van der Waals surface area contributed by atoms with E-state index in [-0.39, 0.29) is 0 Å². The number of amides is 1. The van der Waals surface area contributed by atoms with Gasteiger partial charge in [0.25, 0.3) is 5.06 Å². The molecule has 1 amide bonds. The van der Waals surface area contributed by atoms with Gasteiger partial charge in [0.2, 0.25) is 0 Å². The Labute approximate surface area is 115 Å². The van der Waals surface area contributed by atoms with E-state index in [1.165, 1.54) is 0 Å². The average molecular weight is 272 g/mol. The van der Waals surface area contributed by atoms with E-state index in [4.69, 9.17) is 16.3 Å². The Morgan fingerprint density at radius 1 is 0.947 bits per heavy atom. The van der Waals surface area contributed by atoms with Gasteiger partial charge >= 0.3 is 6.09 Å². The van der Waals surface area contributed by atoms with Gasteiger partial charge in [-0.25, -0.2) is 4.79 Å². The van der Waals surface area contributed by atoms with Crippen LogP contribution in [0.1, 0.15) is 11.1 Å². The van der Waals surface area contributed by atoms with Gasteiger partial charge in [-0.15, -0.1) is 0 Å². The lowest BCUT2D eigenvalue weighted by Gasteiger charge is -2.22. The highest BCUT2D eigenvalue weighted by Gasteiger charge is 2.45. The fraction of sp³-hybridized carbons (Fsp3) is 0.0667. The molecule has 1 unspecified atom stereocenters. The summed E-state index contributed by atoms with van der Waals surface area (Å²) in [7, 11) is 0. The molecule has 1 atom stereocenters. The summed E-state index contributed by atoms with van der Waals surface area (Å²) in [4.78, 5) is 15.4. The van der Waals surface area contributed by atoms with Gasteiger partial charge in [0.15, 0.2) is 0 Å². The minimum Gasteiger partial charge on any atom is -0.415 e. The Balaban J connectivity index is 2.12. The zero-order valence-corrected chi connectivity index (χ0v) is 10.7. The van der Waals surface area contributed by atoms with Crippen molar-refractivity contribution < 1.29 is 9.53 Å². The lowest BCUT2D eigenvalue weighted by atomic mass is 9.99. The number of aliphatic imine (C=N–C) groups is 1. The molecular weight excluding hydrogens is 262 g/mol. The fourth-order valence-corrected chi connectivity index (χ4v) is 2.39. The van der Waals surface area contributed by atoms with Crippen LogP contribution in [0, 0.1) is 0 Å². The molecule has 0 spiro atoms. The van der Waals surface area contributed by atoms with Crippen LogP contribution in [-0.4, -0.2) is 11.8 Å². The monoisotopic (exact) mass is 271 g/mol. The molecular formula is C15H10ClNO2. The number of halogens is 1. The Morgan fingerprint density at radius 3 is 2.16 bits per heavy atom. The van der Waals surface area contributed by atoms with Crippen LogP contribution < -0.4 is 0 Å². The molecule has 94 valence electrons. The van der Waals surface area contributed by atoms with Gasteiger partial charge in [-0.2, -0.15) is 4.99 Å². The topological polar surface area (TPSA) is 38.7 Å². The molecule has 3 nitrogen and oxygen atoms in total. The van der Waals surface area contributed by atoms with Crippen molar-refractivity contribution in [3.8, 4) is 0 Å². The molecule has 1 heterocycles. The Kier molecular flexibility index (Phi) is 2.84. The maximum Gasteiger partial charge on any atom is 0.436 e. The van der Waals surface area contributed by atoms with E-state index in [0.29, 0.717) is 11.3 Å². The van der Waals surface area contributed by atoms with Gasteiger partial charge in [0.05, 0.1) is 0 Å². The number of carbonyl (C=O) groups excluding carboxylic acids is 1. The second-order valence-corrected chi connectivity index (χ2v) is 4.69. The van der Waals surface area contributed by atoms with E-state index in [0.717, 1.165) is 5.56 Å². The molecule has 0 aromatic heterocycles. The Morgan fingerprint density at radius 2 is 1.53 bits per heavy atom. The second kappa shape index (κ2) is 4.52. The Bertz CT molecular complexity index is 640. The minimum absolute atomic E-state index is 0.422. The highest BCUT2D eigenvalue weighted by atomic mass is 35.5. The number of hydrogen-bond donors (Lipinski definition) is 0. The summed E-state index contributed by atoms with van der Waals surface area (Å²) < 4.78 is 5.22. The lowest BCUT2D eigenvalue weighted by molar-refractivity contribution is 0.130. The number of benzene rings is 2. The van der Waals surface area contributed by atoms with Gasteiger partial charge in [-0.05, 0) is 0 Å². The van der Waals surface area contributed by atoms with Gasteiger partial charge in [0, 0.05) is 11.1 Å². The molecule has 3 rings (SSSR count). The van der Waals surface area contributed by atoms with Crippen molar-refractivity contribution in [2.45, 2.75) is 5.06 Å². The number of carbonyl (C=O) groups is 1. The van der Waals surface area contributed by atoms with E-state index in [2.05, 4.69) is 4.99 Å². The largest absolute Gasteiger partial charge is 0.436 e. The normalized spacial score (nSPS) is 21.9. The summed E-state index contributed by atoms with van der Waals surface area (Å²) in [6, 6.07) is 18.5. The number of alkyl halides is 1. The first-order chi connectivity index (χ1) is 9.20. The quantitative estimate of drug-likeness (QED) is 0.781. The number of hydrogen-bond acceptors (Lipinski definition) is 2. The zero-order chi connectivity index (χ0) is 13.3. The van der Waals surface area contributed by atoms with Crippen molar-refractivity contribution in [1.82, 2.24) is 0 Å². The second-order valence-electron chi connectivity index (χ2n) is 4.16. The first-order valence-electron chi connectivity index (χ1n) is 5.82. The SMILES string of the molecule is O=C1N=C(c2ccccc2)C(Cl)(c2ccccc2)O1. The van der Waals surface area contributed by atoms with E-state index >= 15 is 0 Å². The van der Waals surface area contributed by atoms with Gasteiger partial charge < -0.3 is 4.74 Å². The third-order valence-corrected chi connectivity index (χ3v) is 3.40. The van der Waals surface area contributed by atoms with E-state index in [1.54, 1.807) is 0 Å². The molecule has 0 N–H and O–H groups in total. The molecule has 19 heavy (non-hydrogen) atoms. The predicted octanol–water partition coefficient (Wildman–Crippen LogP) is 3.72. The lowest BCUT2D eigenvalue weighted by Crippen LogP contribution is -2.29. The maximum absolute atomic E-state index is 11.5. The highest BCUT2D eigenvalue weighted by molar-refractivity contribution is 6.40. The number of rotatable bonds is 2. The smallest absolute Gasteiger partial charge is 0.415 e. The summed E-state index contributed by atoms with van der Waals surface area (Å²) >= 11 is 6.52. The van der Waals surface area contributed by atoms with Crippen LogP contribution in [0.25, 0.3) is 0 Å². The van der Waals surface area contributed by atoms with Crippen molar-refractivity contribution >= 4 is 23.4 Å². The van der Waals surface area contributed by atoms with Crippen LogP contribution in [0.5, 0.6) is 0 Å². The van der Waals surface area contributed by atoms with E-state index < -0.39 is 11.2 Å². The summed E-state index contributed by atoms with van der Waals surface area (Å²) in [5.41, 5.74) is 1.88. The number of nitrogens with zero attached hydrogens (tertiary/aromatic N) is 1. The summed E-state index contributed by atoms with van der Waals surface area (Å²) in [6.07, 6.45) is -0.669. The number of cyclic esters (lactones) is 1. The molecule has 1 aliphatic heterocycles. The molecule has 0 radical (unpaired) electrons. The summed E-state index contributed by atoms with van der Waals surface area (Å²) in [5.74, 6) is 0. The van der Waals surface area contributed by atoms with Crippen molar-refractivity contribution in [1.29, 1.82) is 0 Å². The van der Waals surface area contributed by atoms with Crippen LogP contribution in [0.15, 0.2) is 65.7 Å². The summed E-state index contributed by atoms with van der Waals surface area (Å²) in [5, 5.41) is -1.35. The van der Waals surface area contributed by atoms with E-state index in [9.17, 15) is 4.79 Å². The highest BCUT2D eigenvalue weighted by Crippen LogP contribution is 2.39. The van der Waals surface area contributed by atoms with Crippen LogP contribution >= 0.6 is 11.6 Å². The predicted molar refractivity (Wildman–Crippen MR) is 73.4 cm³/mol. The van der Waals surface area contributed by atoms with Crippen molar-refractivity contribution in [2.24, 2.45) is 4.99 Å².